The SMILES string of the molecule is CC/C=C(\NC(C)C(=O)N1CCCC(C(=O)OCC(Cl)(Cl)Cl)N1)C(N)COS(C)(C)C(C)(C)C. The van der Waals surface area contributed by atoms with Gasteiger partial charge in [-0.2, -0.15) is 0 Å². The number of halogens is 3. The first kappa shape index (κ1) is 31.6. The maximum atomic E-state index is 13.1. The van der Waals surface area contributed by atoms with Crippen LogP contribution < -0.4 is 16.5 Å². The molecule has 1 amide bonds. The molecule has 4 N–H and O–H groups in total. The molecule has 1 aliphatic heterocycles. The quantitative estimate of drug-likeness (QED) is 0.274. The van der Waals surface area contributed by atoms with E-state index in [1.54, 1.807) is 6.92 Å². The first-order valence-corrected chi connectivity index (χ1v) is 14.9. The molecular formula is C22H41Cl3N4O4S. The monoisotopic (exact) mass is 562 g/mol. The summed E-state index contributed by atoms with van der Waals surface area (Å²) in [5, 5.41) is 4.68. The highest BCUT2D eigenvalue weighted by Gasteiger charge is 2.33. The van der Waals surface area contributed by atoms with Crippen LogP contribution in [0.5, 0.6) is 0 Å². The fraction of sp³-hybridized carbons (Fsp3) is 0.818. The zero-order valence-electron chi connectivity index (χ0n) is 21.3. The van der Waals surface area contributed by atoms with E-state index in [2.05, 4.69) is 44.0 Å². The van der Waals surface area contributed by atoms with Gasteiger partial charge in [-0.05, 0) is 38.7 Å². The Labute approximate surface area is 221 Å². The number of allylic oxidation sites excluding steroid dienone is 1. The summed E-state index contributed by atoms with van der Waals surface area (Å²) >= 11 is 16.9. The van der Waals surface area contributed by atoms with E-state index >= 15 is 0 Å². The Morgan fingerprint density at radius 2 is 1.91 bits per heavy atom. The van der Waals surface area contributed by atoms with Crippen LogP contribution in [0.4, 0.5) is 0 Å². The zero-order valence-corrected chi connectivity index (χ0v) is 24.3. The second-order valence-electron chi connectivity index (χ2n) is 9.71. The van der Waals surface area contributed by atoms with Gasteiger partial charge in [-0.15, -0.1) is 10.3 Å². The molecule has 0 aliphatic carbocycles. The Morgan fingerprint density at radius 1 is 1.29 bits per heavy atom. The molecule has 8 nitrogen and oxygen atoms in total. The number of hydrogen-bond donors (Lipinski definition) is 3. The molecule has 0 spiro atoms. The van der Waals surface area contributed by atoms with Gasteiger partial charge in [0.1, 0.15) is 18.7 Å². The van der Waals surface area contributed by atoms with E-state index in [-0.39, 0.29) is 17.3 Å². The average Bonchev–Trinajstić information content (AvgIpc) is 2.73. The number of hydrogen-bond acceptors (Lipinski definition) is 7. The Morgan fingerprint density at radius 3 is 2.44 bits per heavy atom. The van der Waals surface area contributed by atoms with Crippen molar-refractivity contribution in [2.24, 2.45) is 5.73 Å². The lowest BCUT2D eigenvalue weighted by molar-refractivity contribution is -0.152. The molecule has 1 aliphatic rings. The number of nitrogens with zero attached hydrogens (tertiary/aromatic N) is 1. The van der Waals surface area contributed by atoms with E-state index in [0.717, 1.165) is 12.1 Å². The molecule has 34 heavy (non-hydrogen) atoms. The molecule has 3 unspecified atom stereocenters. The van der Waals surface area contributed by atoms with Crippen LogP contribution in [-0.4, -0.2) is 75.8 Å². The fourth-order valence-electron chi connectivity index (χ4n) is 2.96. The molecule has 0 aromatic rings. The number of rotatable bonds is 10. The van der Waals surface area contributed by atoms with Crippen molar-refractivity contribution in [1.29, 1.82) is 0 Å². The van der Waals surface area contributed by atoms with Gasteiger partial charge < -0.3 is 20.0 Å². The molecule has 0 bridgehead atoms. The van der Waals surface area contributed by atoms with E-state index in [9.17, 15) is 9.59 Å². The molecule has 1 rings (SSSR count). The highest BCUT2D eigenvalue weighted by atomic mass is 35.6. The third-order valence-corrected chi connectivity index (χ3v) is 9.71. The van der Waals surface area contributed by atoms with E-state index < -0.39 is 38.2 Å². The topological polar surface area (TPSA) is 106 Å². The standard InChI is InChI=1S/C22H41Cl3N4O4S/c1-8-10-17(16(26)13-33-34(6,7)21(3,4)5)27-15(2)19(30)29-12-9-11-18(28-29)20(31)32-14-22(23,24)25/h10,15-16,18,27-28H,8-9,11-14,26H2,1-7H3/b17-10-. The van der Waals surface area contributed by atoms with Gasteiger partial charge in [0.25, 0.3) is 5.91 Å². The van der Waals surface area contributed by atoms with Crippen molar-refractivity contribution in [2.75, 3.05) is 32.3 Å². The molecule has 0 aromatic heterocycles. The van der Waals surface area contributed by atoms with Crippen LogP contribution in [-0.2, 0) is 18.5 Å². The van der Waals surface area contributed by atoms with Crippen molar-refractivity contribution in [1.82, 2.24) is 15.8 Å². The zero-order chi connectivity index (χ0) is 26.3. The van der Waals surface area contributed by atoms with Crippen molar-refractivity contribution in [3.63, 3.8) is 0 Å². The third-order valence-electron chi connectivity index (χ3n) is 5.71. The summed E-state index contributed by atoms with van der Waals surface area (Å²) in [4.78, 5) is 25.4. The fourth-order valence-corrected chi connectivity index (χ4v) is 3.97. The molecule has 1 saturated heterocycles. The average molecular weight is 564 g/mol. The second-order valence-corrected chi connectivity index (χ2v) is 16.1. The van der Waals surface area contributed by atoms with Crippen molar-refractivity contribution < 1.29 is 18.5 Å². The van der Waals surface area contributed by atoms with Crippen LogP contribution in [0.25, 0.3) is 0 Å². The summed E-state index contributed by atoms with van der Waals surface area (Å²) in [6.45, 7) is 10.7. The lowest BCUT2D eigenvalue weighted by Crippen LogP contribution is -2.59. The van der Waals surface area contributed by atoms with E-state index in [1.165, 1.54) is 5.01 Å². The third kappa shape index (κ3) is 10.3. The van der Waals surface area contributed by atoms with Gasteiger partial charge in [0, 0.05) is 17.0 Å². The Bertz CT molecular complexity index is 726. The number of amides is 1. The van der Waals surface area contributed by atoms with Crippen LogP contribution in [0, 0.1) is 0 Å². The van der Waals surface area contributed by atoms with Gasteiger partial charge in [-0.25, -0.2) is 5.43 Å². The summed E-state index contributed by atoms with van der Waals surface area (Å²) < 4.78 is 9.61. The molecule has 200 valence electrons. The maximum Gasteiger partial charge on any atom is 0.325 e. The maximum absolute atomic E-state index is 13.1. The number of hydrazine groups is 1. The summed E-state index contributed by atoms with van der Waals surface area (Å²) in [6, 6.07) is -1.67. The van der Waals surface area contributed by atoms with Gasteiger partial charge in [0.2, 0.25) is 3.79 Å². The molecule has 3 atom stereocenters. The van der Waals surface area contributed by atoms with Gasteiger partial charge in [0.05, 0.1) is 12.6 Å². The Hall–Kier alpha value is -0.420. The first-order valence-electron chi connectivity index (χ1n) is 11.4. The second kappa shape index (κ2) is 13.2. The minimum absolute atomic E-state index is 0.0223. The van der Waals surface area contributed by atoms with Gasteiger partial charge in [-0.3, -0.25) is 14.6 Å². The summed E-state index contributed by atoms with van der Waals surface area (Å²) in [7, 11) is -1.32. The van der Waals surface area contributed by atoms with Crippen molar-refractivity contribution in [3.8, 4) is 0 Å². The predicted molar refractivity (Wildman–Crippen MR) is 143 cm³/mol. The van der Waals surface area contributed by atoms with Gasteiger partial charge in [-0.1, -0.05) is 68.6 Å². The van der Waals surface area contributed by atoms with Crippen LogP contribution in [0.15, 0.2) is 11.8 Å². The Balaban J connectivity index is 2.73. The molecule has 0 aromatic carbocycles. The highest BCUT2D eigenvalue weighted by molar-refractivity contribution is 8.29. The lowest BCUT2D eigenvalue weighted by Gasteiger charge is -2.44. The number of alkyl halides is 3. The number of carbonyl (C=O) groups excluding carboxylic acids is 2. The number of nitrogens with two attached hydrogens (primary N) is 1. The molecule has 1 fully saturated rings. The first-order chi connectivity index (χ1) is 15.5. The highest BCUT2D eigenvalue weighted by Crippen LogP contribution is 2.53. The number of esters is 1. The molecule has 12 heteroatoms. The number of ether oxygens (including phenoxy) is 1. The van der Waals surface area contributed by atoms with Crippen LogP contribution in [0.2, 0.25) is 0 Å². The van der Waals surface area contributed by atoms with Crippen LogP contribution in [0.3, 0.4) is 0 Å². The van der Waals surface area contributed by atoms with Gasteiger partial charge in [0.15, 0.2) is 0 Å². The predicted octanol–water partition coefficient (Wildman–Crippen LogP) is 3.79. The van der Waals surface area contributed by atoms with Crippen molar-refractivity contribution in [2.45, 2.75) is 80.5 Å². The smallest absolute Gasteiger partial charge is 0.325 e. The minimum Gasteiger partial charge on any atom is -0.460 e. The minimum atomic E-state index is -1.69. The van der Waals surface area contributed by atoms with Crippen molar-refractivity contribution in [3.05, 3.63) is 11.8 Å². The molecule has 1 heterocycles. The molecule has 0 saturated carbocycles. The normalized spacial score (nSPS) is 20.5. The van der Waals surface area contributed by atoms with Crippen LogP contribution in [0.1, 0.15) is 53.9 Å². The summed E-state index contributed by atoms with van der Waals surface area (Å²) in [5.74, 6) is -0.784. The largest absolute Gasteiger partial charge is 0.460 e. The molecule has 0 radical (unpaired) electrons. The number of nitrogens with one attached hydrogen (secondary N) is 2. The number of carbonyl (C=O) groups is 2. The van der Waals surface area contributed by atoms with Crippen molar-refractivity contribution >= 4 is 57.0 Å². The van der Waals surface area contributed by atoms with E-state index in [0.29, 0.717) is 26.0 Å². The Kier molecular flexibility index (Phi) is 12.3. The summed E-state index contributed by atoms with van der Waals surface area (Å²) in [6.07, 6.45) is 8.12. The summed E-state index contributed by atoms with van der Waals surface area (Å²) in [5.41, 5.74) is 10.1. The van der Waals surface area contributed by atoms with E-state index in [1.807, 2.05) is 13.0 Å². The molecular weight excluding hydrogens is 523 g/mol. The van der Waals surface area contributed by atoms with Crippen LogP contribution >= 0.6 is 45.1 Å². The van der Waals surface area contributed by atoms with E-state index in [4.69, 9.17) is 49.5 Å². The lowest BCUT2D eigenvalue weighted by atomic mass is 10.1. The van der Waals surface area contributed by atoms with Gasteiger partial charge >= 0.3 is 5.97 Å².